The molecule has 1 nitrogen and oxygen atoms in total. The van der Waals surface area contributed by atoms with Crippen LogP contribution in [0, 0.1) is 5.41 Å². The minimum absolute atomic E-state index is 0.353. The summed E-state index contributed by atoms with van der Waals surface area (Å²) in [6.45, 7) is 8.95. The van der Waals surface area contributed by atoms with Crippen molar-refractivity contribution in [2.45, 2.75) is 59.4 Å². The Kier molecular flexibility index (Phi) is 4.74. The van der Waals surface area contributed by atoms with E-state index in [1.165, 1.54) is 19.3 Å². The van der Waals surface area contributed by atoms with E-state index in [2.05, 4.69) is 27.7 Å². The third kappa shape index (κ3) is 4.41. The van der Waals surface area contributed by atoms with Crippen molar-refractivity contribution in [3.05, 3.63) is 0 Å². The molecule has 0 bridgehead atoms. The maximum Gasteiger partial charge on any atom is 0.00156 e. The van der Waals surface area contributed by atoms with Gasteiger partial charge in [-0.15, -0.1) is 0 Å². The van der Waals surface area contributed by atoms with E-state index in [1.54, 1.807) is 0 Å². The molecule has 2 atom stereocenters. The average Bonchev–Trinajstić information content (AvgIpc) is 1.87. The molecule has 0 aromatic rings. The molecule has 0 aliphatic carbocycles. The van der Waals surface area contributed by atoms with Crippen LogP contribution >= 0.6 is 0 Å². The van der Waals surface area contributed by atoms with Gasteiger partial charge in [0.1, 0.15) is 0 Å². The summed E-state index contributed by atoms with van der Waals surface area (Å²) in [5, 5.41) is 0. The van der Waals surface area contributed by atoms with Crippen LogP contribution in [0.1, 0.15) is 53.4 Å². The second kappa shape index (κ2) is 4.76. The molecule has 0 rings (SSSR count). The Morgan fingerprint density at radius 2 is 1.91 bits per heavy atom. The third-order valence-electron chi connectivity index (χ3n) is 2.52. The largest absolute Gasteiger partial charge is 0.328 e. The molecular formula is C10H23N. The van der Waals surface area contributed by atoms with Gasteiger partial charge in [-0.25, -0.2) is 0 Å². The molecule has 68 valence electrons. The summed E-state index contributed by atoms with van der Waals surface area (Å²) in [5.74, 6) is 0. The minimum Gasteiger partial charge on any atom is -0.328 e. The van der Waals surface area contributed by atoms with Crippen LogP contribution in [0.5, 0.6) is 0 Å². The first-order chi connectivity index (χ1) is 5.04. The van der Waals surface area contributed by atoms with Gasteiger partial charge in [-0.3, -0.25) is 0 Å². The second-order valence-electron chi connectivity index (χ2n) is 4.10. The predicted octanol–water partition coefficient (Wildman–Crippen LogP) is 2.94. The second-order valence-corrected chi connectivity index (χ2v) is 4.10. The van der Waals surface area contributed by atoms with Gasteiger partial charge in [-0.2, -0.15) is 0 Å². The van der Waals surface area contributed by atoms with Crippen molar-refractivity contribution in [1.29, 1.82) is 0 Å². The molecule has 1 heteroatoms. The zero-order valence-electron chi connectivity index (χ0n) is 8.48. The molecule has 0 amide bonds. The van der Waals surface area contributed by atoms with Crippen molar-refractivity contribution < 1.29 is 0 Å². The first kappa shape index (κ1) is 11.0. The highest BCUT2D eigenvalue weighted by Crippen LogP contribution is 2.31. The maximum absolute atomic E-state index is 5.78. The summed E-state index contributed by atoms with van der Waals surface area (Å²) in [6, 6.07) is 0.353. The predicted molar refractivity (Wildman–Crippen MR) is 51.6 cm³/mol. The van der Waals surface area contributed by atoms with Crippen LogP contribution in [0.15, 0.2) is 0 Å². The first-order valence-corrected chi connectivity index (χ1v) is 4.79. The number of hydrogen-bond donors (Lipinski definition) is 1. The molecule has 0 spiro atoms. The average molecular weight is 157 g/mol. The van der Waals surface area contributed by atoms with E-state index in [9.17, 15) is 0 Å². The fourth-order valence-electron chi connectivity index (χ4n) is 1.80. The highest BCUT2D eigenvalue weighted by Gasteiger charge is 2.21. The fourth-order valence-corrected chi connectivity index (χ4v) is 1.80. The molecule has 0 radical (unpaired) electrons. The van der Waals surface area contributed by atoms with Gasteiger partial charge in [0.2, 0.25) is 0 Å². The highest BCUT2D eigenvalue weighted by atomic mass is 14.6. The SMILES string of the molecule is CCCC(C)(CC)CC(C)N. The summed E-state index contributed by atoms with van der Waals surface area (Å²) in [6.07, 6.45) is 5.00. The molecular weight excluding hydrogens is 134 g/mol. The van der Waals surface area contributed by atoms with Gasteiger partial charge in [0.05, 0.1) is 0 Å². The van der Waals surface area contributed by atoms with E-state index in [0.717, 1.165) is 6.42 Å². The summed E-state index contributed by atoms with van der Waals surface area (Å²) < 4.78 is 0. The lowest BCUT2D eigenvalue weighted by atomic mass is 9.78. The maximum atomic E-state index is 5.78. The normalized spacial score (nSPS) is 19.4. The van der Waals surface area contributed by atoms with Crippen molar-refractivity contribution in [2.24, 2.45) is 11.1 Å². The molecule has 0 saturated carbocycles. The molecule has 2 unspecified atom stereocenters. The quantitative estimate of drug-likeness (QED) is 0.652. The van der Waals surface area contributed by atoms with Gasteiger partial charge in [-0.05, 0) is 25.2 Å². The number of hydrogen-bond acceptors (Lipinski definition) is 1. The lowest BCUT2D eigenvalue weighted by Crippen LogP contribution is -2.26. The molecule has 0 aliphatic heterocycles. The van der Waals surface area contributed by atoms with Gasteiger partial charge in [-0.1, -0.05) is 33.6 Å². The molecule has 0 heterocycles. The summed E-state index contributed by atoms with van der Waals surface area (Å²) >= 11 is 0. The van der Waals surface area contributed by atoms with Crippen molar-refractivity contribution in [3.8, 4) is 0 Å². The summed E-state index contributed by atoms with van der Waals surface area (Å²) in [4.78, 5) is 0. The Morgan fingerprint density at radius 3 is 2.18 bits per heavy atom. The van der Waals surface area contributed by atoms with Gasteiger partial charge in [0.25, 0.3) is 0 Å². The molecule has 0 saturated heterocycles. The van der Waals surface area contributed by atoms with Crippen molar-refractivity contribution in [3.63, 3.8) is 0 Å². The lowest BCUT2D eigenvalue weighted by Gasteiger charge is -2.29. The molecule has 0 fully saturated rings. The van der Waals surface area contributed by atoms with Gasteiger partial charge >= 0.3 is 0 Å². The molecule has 11 heavy (non-hydrogen) atoms. The Hall–Kier alpha value is -0.0400. The van der Waals surface area contributed by atoms with E-state index >= 15 is 0 Å². The Morgan fingerprint density at radius 1 is 1.36 bits per heavy atom. The van der Waals surface area contributed by atoms with Crippen LogP contribution < -0.4 is 5.73 Å². The molecule has 0 aromatic carbocycles. The topological polar surface area (TPSA) is 26.0 Å². The lowest BCUT2D eigenvalue weighted by molar-refractivity contribution is 0.242. The van der Waals surface area contributed by atoms with Crippen LogP contribution in [-0.2, 0) is 0 Å². The molecule has 0 aliphatic rings. The first-order valence-electron chi connectivity index (χ1n) is 4.79. The van der Waals surface area contributed by atoms with Crippen LogP contribution in [0.25, 0.3) is 0 Å². The Labute approximate surface area is 71.4 Å². The monoisotopic (exact) mass is 157 g/mol. The van der Waals surface area contributed by atoms with E-state index in [0.29, 0.717) is 11.5 Å². The van der Waals surface area contributed by atoms with Crippen molar-refractivity contribution in [1.82, 2.24) is 0 Å². The van der Waals surface area contributed by atoms with Gasteiger partial charge in [0, 0.05) is 6.04 Å². The van der Waals surface area contributed by atoms with E-state index < -0.39 is 0 Å². The van der Waals surface area contributed by atoms with Crippen LogP contribution in [0.3, 0.4) is 0 Å². The van der Waals surface area contributed by atoms with E-state index in [-0.39, 0.29) is 0 Å². The summed E-state index contributed by atoms with van der Waals surface area (Å²) in [7, 11) is 0. The van der Waals surface area contributed by atoms with E-state index in [4.69, 9.17) is 5.73 Å². The zero-order valence-corrected chi connectivity index (χ0v) is 8.48. The standard InChI is InChI=1S/C10H23N/c1-5-7-10(4,6-2)8-9(3)11/h9H,5-8,11H2,1-4H3. The number of rotatable bonds is 5. The minimum atomic E-state index is 0.353. The van der Waals surface area contributed by atoms with E-state index in [1.807, 2.05) is 0 Å². The molecule has 2 N–H and O–H groups in total. The highest BCUT2D eigenvalue weighted by molar-refractivity contribution is 4.75. The third-order valence-corrected chi connectivity index (χ3v) is 2.52. The van der Waals surface area contributed by atoms with Gasteiger partial charge in [0.15, 0.2) is 0 Å². The fraction of sp³-hybridized carbons (Fsp3) is 1.00. The van der Waals surface area contributed by atoms with Gasteiger partial charge < -0.3 is 5.73 Å². The van der Waals surface area contributed by atoms with Crippen LogP contribution in [0.4, 0.5) is 0 Å². The van der Waals surface area contributed by atoms with Crippen LogP contribution in [-0.4, -0.2) is 6.04 Å². The number of nitrogens with two attached hydrogens (primary N) is 1. The van der Waals surface area contributed by atoms with Crippen molar-refractivity contribution in [2.75, 3.05) is 0 Å². The Bertz CT molecular complexity index is 99.0. The molecule has 0 aromatic heterocycles. The smallest absolute Gasteiger partial charge is 0.00156 e. The summed E-state index contributed by atoms with van der Waals surface area (Å²) in [5.41, 5.74) is 6.27. The Balaban J connectivity index is 3.87. The van der Waals surface area contributed by atoms with Crippen molar-refractivity contribution >= 4 is 0 Å². The van der Waals surface area contributed by atoms with Crippen LogP contribution in [0.2, 0.25) is 0 Å². The zero-order chi connectivity index (χ0) is 8.91.